The molecule has 0 bridgehead atoms. The van der Waals surface area contributed by atoms with Crippen LogP contribution in [0.4, 0.5) is 4.79 Å². The van der Waals surface area contributed by atoms with Gasteiger partial charge in [0.15, 0.2) is 0 Å². The molecular formula is C24H33N3O5. The van der Waals surface area contributed by atoms with Crippen LogP contribution < -0.4 is 16.0 Å². The maximum absolute atomic E-state index is 13.0. The first-order valence-corrected chi connectivity index (χ1v) is 11.6. The molecule has 1 saturated heterocycles. The zero-order valence-corrected chi connectivity index (χ0v) is 18.4. The fraction of sp³-hybridized carbons (Fsp3) is 0.583. The smallest absolute Gasteiger partial charge is 0.408 e. The largest absolute Gasteiger partial charge is 0.445 e. The fourth-order valence-corrected chi connectivity index (χ4v) is 4.50. The van der Waals surface area contributed by atoms with Crippen LogP contribution in [0.1, 0.15) is 56.9 Å². The Hall–Kier alpha value is -2.90. The van der Waals surface area contributed by atoms with E-state index in [1.807, 2.05) is 30.3 Å². The van der Waals surface area contributed by atoms with Crippen molar-refractivity contribution < 1.29 is 23.9 Å². The van der Waals surface area contributed by atoms with E-state index < -0.39 is 24.1 Å². The molecule has 0 unspecified atom stereocenters. The number of hydrogen-bond donors (Lipinski definition) is 3. The first kappa shape index (κ1) is 23.8. The van der Waals surface area contributed by atoms with E-state index in [9.17, 15) is 19.2 Å². The van der Waals surface area contributed by atoms with Crippen LogP contribution in [-0.2, 0) is 25.7 Å². The van der Waals surface area contributed by atoms with Gasteiger partial charge in [-0.15, -0.1) is 0 Å². The third-order valence-electron chi connectivity index (χ3n) is 6.31. The van der Waals surface area contributed by atoms with Crippen molar-refractivity contribution >= 4 is 24.2 Å². The van der Waals surface area contributed by atoms with Crippen molar-refractivity contribution in [2.24, 2.45) is 11.8 Å². The van der Waals surface area contributed by atoms with Crippen molar-refractivity contribution in [1.82, 2.24) is 16.0 Å². The zero-order valence-electron chi connectivity index (χ0n) is 18.4. The molecule has 1 heterocycles. The van der Waals surface area contributed by atoms with E-state index in [0.29, 0.717) is 31.6 Å². The van der Waals surface area contributed by atoms with E-state index in [1.54, 1.807) is 0 Å². The molecule has 0 radical (unpaired) electrons. The third-order valence-corrected chi connectivity index (χ3v) is 6.31. The Morgan fingerprint density at radius 2 is 1.81 bits per heavy atom. The van der Waals surface area contributed by atoms with E-state index >= 15 is 0 Å². The molecule has 3 rings (SSSR count). The minimum Gasteiger partial charge on any atom is -0.445 e. The van der Waals surface area contributed by atoms with E-state index in [0.717, 1.165) is 31.2 Å². The molecule has 8 heteroatoms. The van der Waals surface area contributed by atoms with Gasteiger partial charge >= 0.3 is 6.09 Å². The highest BCUT2D eigenvalue weighted by molar-refractivity contribution is 5.88. The number of carbonyl (C=O) groups is 4. The maximum atomic E-state index is 13.0. The number of hydrogen-bond acceptors (Lipinski definition) is 5. The van der Waals surface area contributed by atoms with Crippen LogP contribution in [0.25, 0.3) is 0 Å². The number of nitrogens with one attached hydrogen (secondary N) is 3. The topological polar surface area (TPSA) is 114 Å². The minimum atomic E-state index is -0.791. The molecule has 174 valence electrons. The van der Waals surface area contributed by atoms with Crippen LogP contribution in [0, 0.1) is 11.8 Å². The van der Waals surface area contributed by atoms with E-state index in [1.165, 1.54) is 6.42 Å². The summed E-state index contributed by atoms with van der Waals surface area (Å²) in [6.45, 7) is 0.695. The molecule has 3 atom stereocenters. The van der Waals surface area contributed by atoms with Crippen LogP contribution in [0.2, 0.25) is 0 Å². The number of carbonyl (C=O) groups excluding carboxylic acids is 4. The number of rotatable bonds is 10. The second kappa shape index (κ2) is 12.2. The van der Waals surface area contributed by atoms with Crippen molar-refractivity contribution in [2.45, 2.75) is 70.1 Å². The standard InChI is InChI=1S/C24H33N3O5/c28-15-20(14-19-11-12-25-22(19)29)26-23(30)21(13-17-7-3-1-4-8-17)27-24(31)32-16-18-9-5-2-6-10-18/h2,5-6,9-10,15,17,19-21H,1,3-4,7-8,11-14,16H2,(H,25,29)(H,26,30)(H,27,31)/t19-,20-,21-/m0/s1. The summed E-state index contributed by atoms with van der Waals surface area (Å²) in [6, 6.07) is 7.75. The first-order valence-electron chi connectivity index (χ1n) is 11.6. The average molecular weight is 444 g/mol. The highest BCUT2D eigenvalue weighted by Crippen LogP contribution is 2.27. The van der Waals surface area contributed by atoms with E-state index in [-0.39, 0.29) is 24.9 Å². The number of benzene rings is 1. The molecule has 1 saturated carbocycles. The Morgan fingerprint density at radius 3 is 2.47 bits per heavy atom. The number of amides is 3. The van der Waals surface area contributed by atoms with E-state index in [4.69, 9.17) is 4.74 Å². The Morgan fingerprint density at radius 1 is 1.06 bits per heavy atom. The SMILES string of the molecule is O=C[C@H](C[C@@H]1CCNC1=O)NC(=O)[C@H](CC1CCCCC1)NC(=O)OCc1ccccc1. The molecule has 2 fully saturated rings. The van der Waals surface area contributed by atoms with Crippen molar-refractivity contribution in [3.63, 3.8) is 0 Å². The van der Waals surface area contributed by atoms with Crippen molar-refractivity contribution in [2.75, 3.05) is 6.54 Å². The van der Waals surface area contributed by atoms with Crippen molar-refractivity contribution in [1.29, 1.82) is 0 Å². The van der Waals surface area contributed by atoms with Crippen molar-refractivity contribution in [3.8, 4) is 0 Å². The lowest BCUT2D eigenvalue weighted by molar-refractivity contribution is -0.127. The van der Waals surface area contributed by atoms with Gasteiger partial charge in [0.25, 0.3) is 0 Å². The lowest BCUT2D eigenvalue weighted by Gasteiger charge is -2.27. The molecule has 1 aromatic rings. The van der Waals surface area contributed by atoms with Crippen LogP contribution in [-0.4, -0.2) is 42.8 Å². The molecule has 3 N–H and O–H groups in total. The summed E-state index contributed by atoms with van der Waals surface area (Å²) in [7, 11) is 0. The van der Waals surface area contributed by atoms with Gasteiger partial charge in [-0.25, -0.2) is 4.79 Å². The van der Waals surface area contributed by atoms with Gasteiger partial charge in [-0.05, 0) is 30.7 Å². The quantitative estimate of drug-likeness (QED) is 0.481. The lowest BCUT2D eigenvalue weighted by atomic mass is 9.84. The molecule has 0 spiro atoms. The van der Waals surface area contributed by atoms with Crippen LogP contribution in [0.15, 0.2) is 30.3 Å². The number of aldehydes is 1. The summed E-state index contributed by atoms with van der Waals surface area (Å²) in [5.41, 5.74) is 0.854. The molecule has 3 amide bonds. The summed E-state index contributed by atoms with van der Waals surface area (Å²) in [5.74, 6) is -0.453. The van der Waals surface area contributed by atoms with Gasteiger partial charge in [0.05, 0.1) is 6.04 Å². The maximum Gasteiger partial charge on any atom is 0.408 e. The van der Waals surface area contributed by atoms with Crippen LogP contribution in [0.5, 0.6) is 0 Å². The van der Waals surface area contributed by atoms with Gasteiger partial charge in [0.2, 0.25) is 11.8 Å². The molecule has 8 nitrogen and oxygen atoms in total. The molecule has 1 aliphatic carbocycles. The Balaban J connectivity index is 1.58. The van der Waals surface area contributed by atoms with E-state index in [2.05, 4.69) is 16.0 Å². The predicted octanol–water partition coefficient (Wildman–Crippen LogP) is 2.46. The van der Waals surface area contributed by atoms with Gasteiger partial charge in [-0.3, -0.25) is 9.59 Å². The van der Waals surface area contributed by atoms with Crippen molar-refractivity contribution in [3.05, 3.63) is 35.9 Å². The van der Waals surface area contributed by atoms with Crippen LogP contribution in [0.3, 0.4) is 0 Å². The Bertz CT molecular complexity index is 779. The normalized spacial score (nSPS) is 20.6. The Labute approximate surface area is 188 Å². The molecule has 2 aliphatic rings. The summed E-state index contributed by atoms with van der Waals surface area (Å²) in [5, 5.41) is 8.17. The second-order valence-electron chi connectivity index (χ2n) is 8.76. The zero-order chi connectivity index (χ0) is 22.8. The number of ether oxygens (including phenoxy) is 1. The molecule has 32 heavy (non-hydrogen) atoms. The summed E-state index contributed by atoms with van der Waals surface area (Å²) >= 11 is 0. The Kier molecular flexibility index (Phi) is 9.07. The molecule has 0 aromatic heterocycles. The van der Waals surface area contributed by atoms with Gasteiger partial charge < -0.3 is 25.5 Å². The van der Waals surface area contributed by atoms with Gasteiger partial charge in [0, 0.05) is 12.5 Å². The highest BCUT2D eigenvalue weighted by atomic mass is 16.5. The van der Waals surface area contributed by atoms with Gasteiger partial charge in [0.1, 0.15) is 18.9 Å². The highest BCUT2D eigenvalue weighted by Gasteiger charge is 2.31. The predicted molar refractivity (Wildman–Crippen MR) is 118 cm³/mol. The lowest BCUT2D eigenvalue weighted by Crippen LogP contribution is -2.51. The summed E-state index contributed by atoms with van der Waals surface area (Å²) < 4.78 is 5.30. The fourth-order valence-electron chi connectivity index (χ4n) is 4.50. The first-order chi connectivity index (χ1) is 15.5. The minimum absolute atomic E-state index is 0.0903. The van der Waals surface area contributed by atoms with Gasteiger partial charge in [-0.1, -0.05) is 62.4 Å². The number of alkyl carbamates (subject to hydrolysis) is 1. The van der Waals surface area contributed by atoms with Crippen LogP contribution >= 0.6 is 0 Å². The summed E-state index contributed by atoms with van der Waals surface area (Å²) in [4.78, 5) is 48.8. The summed E-state index contributed by atoms with van der Waals surface area (Å²) in [6.07, 6.45) is 6.87. The third kappa shape index (κ3) is 7.35. The molecule has 1 aromatic carbocycles. The average Bonchev–Trinajstić information content (AvgIpc) is 3.22. The molecular weight excluding hydrogens is 410 g/mol. The molecule has 1 aliphatic heterocycles. The monoisotopic (exact) mass is 443 g/mol. The second-order valence-corrected chi connectivity index (χ2v) is 8.76. The van der Waals surface area contributed by atoms with Gasteiger partial charge in [-0.2, -0.15) is 0 Å².